The van der Waals surface area contributed by atoms with Crippen molar-refractivity contribution < 1.29 is 9.53 Å². The Morgan fingerprint density at radius 2 is 2.27 bits per heavy atom. The molecule has 0 spiro atoms. The third-order valence-corrected chi connectivity index (χ3v) is 5.29. The van der Waals surface area contributed by atoms with Crippen LogP contribution in [0.3, 0.4) is 0 Å². The number of thiazole rings is 1. The zero-order valence-corrected chi connectivity index (χ0v) is 15.6. The number of carbonyl (C=O) groups excluding carboxylic acids is 1. The van der Waals surface area contributed by atoms with E-state index in [4.69, 9.17) is 10.00 Å². The maximum absolute atomic E-state index is 12.6. The predicted octanol–water partition coefficient (Wildman–Crippen LogP) is 3.38. The maximum Gasteiger partial charge on any atom is 0.230 e. The molecule has 1 aliphatic heterocycles. The fourth-order valence-corrected chi connectivity index (χ4v) is 3.84. The van der Waals surface area contributed by atoms with Gasteiger partial charge in [0.05, 0.1) is 24.8 Å². The van der Waals surface area contributed by atoms with Crippen LogP contribution in [0.5, 0.6) is 5.75 Å². The van der Waals surface area contributed by atoms with E-state index in [0.717, 1.165) is 42.9 Å². The molecule has 3 rings (SSSR count). The highest BCUT2D eigenvalue weighted by Gasteiger charge is 2.26. The van der Waals surface area contributed by atoms with Crippen molar-refractivity contribution in [1.82, 2.24) is 9.88 Å². The molecule has 7 heteroatoms. The highest BCUT2D eigenvalue weighted by Crippen LogP contribution is 2.27. The molecule has 136 valence electrons. The molecule has 1 unspecified atom stereocenters. The first kappa shape index (κ1) is 18.4. The summed E-state index contributed by atoms with van der Waals surface area (Å²) >= 11 is 1.43. The number of likely N-dealkylation sites (tertiary alicyclic amines) is 1. The van der Waals surface area contributed by atoms with Crippen molar-refractivity contribution in [2.75, 3.05) is 32.1 Å². The average molecular weight is 370 g/mol. The first-order valence-corrected chi connectivity index (χ1v) is 9.57. The quantitative estimate of drug-likeness (QED) is 0.843. The lowest BCUT2D eigenvalue weighted by molar-refractivity contribution is -0.121. The summed E-state index contributed by atoms with van der Waals surface area (Å²) in [6.07, 6.45) is 2.37. The zero-order chi connectivity index (χ0) is 18.4. The second-order valence-electron chi connectivity index (χ2n) is 6.30. The molecular weight excluding hydrogens is 348 g/mol. The van der Waals surface area contributed by atoms with Crippen LogP contribution < -0.4 is 10.1 Å². The topological polar surface area (TPSA) is 78.2 Å². The Labute approximate surface area is 157 Å². The van der Waals surface area contributed by atoms with Crippen molar-refractivity contribution >= 4 is 22.4 Å². The second kappa shape index (κ2) is 8.79. The molecule has 0 bridgehead atoms. The SMILES string of the molecule is COc1ccc(-c2csc(NC(=O)C3CCCN(CCC#N)C3)n2)cc1. The van der Waals surface area contributed by atoms with Crippen LogP contribution in [0, 0.1) is 17.2 Å². The first-order valence-electron chi connectivity index (χ1n) is 8.69. The van der Waals surface area contributed by atoms with Gasteiger partial charge >= 0.3 is 0 Å². The lowest BCUT2D eigenvalue weighted by Crippen LogP contribution is -2.41. The summed E-state index contributed by atoms with van der Waals surface area (Å²) in [4.78, 5) is 19.3. The number of nitrogens with one attached hydrogen (secondary N) is 1. The molecule has 1 aromatic heterocycles. The third kappa shape index (κ3) is 4.59. The molecule has 1 saturated heterocycles. The minimum atomic E-state index is -0.0456. The number of amides is 1. The molecule has 0 aliphatic carbocycles. The van der Waals surface area contributed by atoms with E-state index in [1.807, 2.05) is 29.6 Å². The third-order valence-electron chi connectivity index (χ3n) is 4.54. The lowest BCUT2D eigenvalue weighted by atomic mass is 9.97. The molecule has 0 saturated carbocycles. The van der Waals surface area contributed by atoms with Crippen molar-refractivity contribution in [2.45, 2.75) is 19.3 Å². The highest BCUT2D eigenvalue weighted by molar-refractivity contribution is 7.14. The Kier molecular flexibility index (Phi) is 6.21. The summed E-state index contributed by atoms with van der Waals surface area (Å²) in [6.45, 7) is 2.41. The fraction of sp³-hybridized carbons (Fsp3) is 0.421. The van der Waals surface area contributed by atoms with Gasteiger partial charge in [0.1, 0.15) is 5.75 Å². The largest absolute Gasteiger partial charge is 0.497 e. The molecule has 1 fully saturated rings. The summed E-state index contributed by atoms with van der Waals surface area (Å²) in [5, 5.41) is 14.2. The number of hydrogen-bond donors (Lipinski definition) is 1. The molecule has 1 aliphatic rings. The number of hydrogen-bond acceptors (Lipinski definition) is 6. The van der Waals surface area contributed by atoms with Gasteiger partial charge in [0.25, 0.3) is 0 Å². The summed E-state index contributed by atoms with van der Waals surface area (Å²) in [5.41, 5.74) is 1.83. The first-order chi connectivity index (χ1) is 12.7. The Balaban J connectivity index is 1.59. The molecule has 1 aromatic carbocycles. The number of rotatable bonds is 6. The standard InChI is InChI=1S/C19H22N4O2S/c1-25-16-7-5-14(6-8-16)17-13-26-19(21-17)22-18(24)15-4-2-10-23(12-15)11-3-9-20/h5-8,13,15H,2-4,10-12H2,1H3,(H,21,22,24). The number of piperidine rings is 1. The Morgan fingerprint density at radius 1 is 1.46 bits per heavy atom. The normalized spacial score (nSPS) is 17.5. The van der Waals surface area contributed by atoms with Gasteiger partial charge in [0, 0.05) is 30.5 Å². The monoisotopic (exact) mass is 370 g/mol. The van der Waals surface area contributed by atoms with E-state index in [0.29, 0.717) is 18.1 Å². The smallest absolute Gasteiger partial charge is 0.230 e. The number of aromatic nitrogens is 1. The Hall–Kier alpha value is -2.43. The van der Waals surface area contributed by atoms with E-state index in [1.165, 1.54) is 11.3 Å². The molecule has 2 heterocycles. The average Bonchev–Trinajstić information content (AvgIpc) is 3.15. The molecule has 6 nitrogen and oxygen atoms in total. The van der Waals surface area contributed by atoms with Crippen molar-refractivity contribution in [3.63, 3.8) is 0 Å². The summed E-state index contributed by atoms with van der Waals surface area (Å²) < 4.78 is 5.17. The number of ether oxygens (including phenoxy) is 1. The predicted molar refractivity (Wildman–Crippen MR) is 102 cm³/mol. The van der Waals surface area contributed by atoms with E-state index in [1.54, 1.807) is 7.11 Å². The number of benzene rings is 1. The number of anilines is 1. The van der Waals surface area contributed by atoms with Gasteiger partial charge in [-0.1, -0.05) is 0 Å². The number of methoxy groups -OCH3 is 1. The van der Waals surface area contributed by atoms with Gasteiger partial charge in [0.2, 0.25) is 5.91 Å². The van der Waals surface area contributed by atoms with Crippen molar-refractivity contribution in [3.8, 4) is 23.1 Å². The van der Waals surface area contributed by atoms with Gasteiger partial charge in [-0.2, -0.15) is 5.26 Å². The van der Waals surface area contributed by atoms with Crippen LogP contribution in [0.4, 0.5) is 5.13 Å². The minimum absolute atomic E-state index is 0.0160. The second-order valence-corrected chi connectivity index (χ2v) is 7.16. The van der Waals surface area contributed by atoms with Crippen molar-refractivity contribution in [3.05, 3.63) is 29.6 Å². The van der Waals surface area contributed by atoms with E-state index < -0.39 is 0 Å². The van der Waals surface area contributed by atoms with Crippen molar-refractivity contribution in [2.24, 2.45) is 5.92 Å². The van der Waals surface area contributed by atoms with Crippen LogP contribution >= 0.6 is 11.3 Å². The number of nitriles is 1. The van der Waals surface area contributed by atoms with Crippen LogP contribution in [0.1, 0.15) is 19.3 Å². The summed E-state index contributed by atoms with van der Waals surface area (Å²) in [7, 11) is 1.64. The Morgan fingerprint density at radius 3 is 3.00 bits per heavy atom. The van der Waals surface area contributed by atoms with Crippen LogP contribution in [-0.2, 0) is 4.79 Å². The van der Waals surface area contributed by atoms with Crippen LogP contribution in [0.15, 0.2) is 29.6 Å². The molecule has 1 N–H and O–H groups in total. The molecule has 1 amide bonds. The molecule has 1 atom stereocenters. The summed E-state index contributed by atoms with van der Waals surface area (Å²) in [6, 6.07) is 9.86. The van der Waals surface area contributed by atoms with E-state index in [-0.39, 0.29) is 11.8 Å². The molecular formula is C19H22N4O2S. The van der Waals surface area contributed by atoms with E-state index >= 15 is 0 Å². The lowest BCUT2D eigenvalue weighted by Gasteiger charge is -2.31. The van der Waals surface area contributed by atoms with Gasteiger partial charge < -0.3 is 15.0 Å². The molecule has 0 radical (unpaired) electrons. The van der Waals surface area contributed by atoms with Crippen LogP contribution in [0.2, 0.25) is 0 Å². The number of nitrogens with zero attached hydrogens (tertiary/aromatic N) is 3. The summed E-state index contributed by atoms with van der Waals surface area (Å²) in [5.74, 6) is 0.772. The van der Waals surface area contributed by atoms with Gasteiger partial charge in [-0.05, 0) is 43.7 Å². The molecule has 26 heavy (non-hydrogen) atoms. The minimum Gasteiger partial charge on any atom is -0.497 e. The van der Waals surface area contributed by atoms with Gasteiger partial charge in [-0.15, -0.1) is 11.3 Å². The van der Waals surface area contributed by atoms with E-state index in [2.05, 4.69) is 21.3 Å². The zero-order valence-electron chi connectivity index (χ0n) is 14.8. The number of carbonyl (C=O) groups is 1. The van der Waals surface area contributed by atoms with Crippen LogP contribution in [0.25, 0.3) is 11.3 Å². The molecule has 2 aromatic rings. The maximum atomic E-state index is 12.6. The van der Waals surface area contributed by atoms with E-state index in [9.17, 15) is 4.79 Å². The van der Waals surface area contributed by atoms with Gasteiger partial charge in [-0.3, -0.25) is 4.79 Å². The highest BCUT2D eigenvalue weighted by atomic mass is 32.1. The van der Waals surface area contributed by atoms with Crippen LogP contribution in [-0.4, -0.2) is 42.5 Å². The van der Waals surface area contributed by atoms with Crippen molar-refractivity contribution in [1.29, 1.82) is 5.26 Å². The van der Waals surface area contributed by atoms with Gasteiger partial charge in [-0.25, -0.2) is 4.98 Å². The Bertz CT molecular complexity index is 782. The fourth-order valence-electron chi connectivity index (χ4n) is 3.11. The van der Waals surface area contributed by atoms with Gasteiger partial charge in [0.15, 0.2) is 5.13 Å².